The molecule has 0 saturated heterocycles. The molecule has 140 valence electrons. The van der Waals surface area contributed by atoms with Crippen molar-refractivity contribution >= 4 is 43.9 Å². The van der Waals surface area contributed by atoms with E-state index < -0.39 is 38.2 Å². The number of rotatable bonds is 7. The monoisotopic (exact) mass is 415 g/mol. The van der Waals surface area contributed by atoms with Crippen LogP contribution in [-0.4, -0.2) is 46.3 Å². The molecule has 15 heteroatoms. The number of aliphatic hydroxyl groups is 1. The van der Waals surface area contributed by atoms with Gasteiger partial charge in [0.05, 0.1) is 4.92 Å². The first kappa shape index (κ1) is 21.6. The van der Waals surface area contributed by atoms with Gasteiger partial charge in [-0.2, -0.15) is 0 Å². The largest absolute Gasteiger partial charge is 0.369 e. The van der Waals surface area contributed by atoms with Crippen LogP contribution in [0.25, 0.3) is 0 Å². The predicted octanol–water partition coefficient (Wildman–Crippen LogP) is 0.273. The van der Waals surface area contributed by atoms with E-state index in [9.17, 15) is 24.4 Å². The first-order valence-corrected chi connectivity index (χ1v) is 10.0. The number of nitro groups is 1. The van der Waals surface area contributed by atoms with Gasteiger partial charge in [0.2, 0.25) is 0 Å². The van der Waals surface area contributed by atoms with E-state index in [2.05, 4.69) is 10.6 Å². The number of nitrogens with one attached hydrogen (secondary N) is 2. The molecule has 7 N–H and O–H groups in total. The summed E-state index contributed by atoms with van der Waals surface area (Å²) < 4.78 is 22.3. The highest BCUT2D eigenvalue weighted by atomic mass is 32.1. The van der Waals surface area contributed by atoms with Gasteiger partial charge in [-0.15, -0.1) is 0 Å². The maximum atomic E-state index is 11.2. The summed E-state index contributed by atoms with van der Waals surface area (Å²) in [7, 11) is -11.1. The Morgan fingerprint density at radius 1 is 1.16 bits per heavy atom. The standard InChI is InChI=1S/C10H15N3O9P2S/c14-10(23(17,18)19,24(20,21)22)5-6-11-9(25)12-7-1-3-8(4-2-7)13(15)16/h1-4,14H,5-6H2,(H2,11,12,25)(H2,17,18,19)(H2,20,21,22). The first-order valence-electron chi connectivity index (χ1n) is 6.41. The average Bonchev–Trinajstić information content (AvgIpc) is 2.45. The molecule has 0 aliphatic carbocycles. The molecule has 25 heavy (non-hydrogen) atoms. The van der Waals surface area contributed by atoms with E-state index in [1.165, 1.54) is 24.3 Å². The summed E-state index contributed by atoms with van der Waals surface area (Å²) in [5.74, 6) is 0. The van der Waals surface area contributed by atoms with Gasteiger partial charge in [-0.05, 0) is 24.4 Å². The quantitative estimate of drug-likeness (QED) is 0.139. The summed E-state index contributed by atoms with van der Waals surface area (Å²) in [4.78, 5) is 45.9. The Morgan fingerprint density at radius 2 is 1.64 bits per heavy atom. The van der Waals surface area contributed by atoms with Gasteiger partial charge < -0.3 is 35.3 Å². The van der Waals surface area contributed by atoms with Crippen LogP contribution >= 0.6 is 27.4 Å². The second kappa shape index (κ2) is 7.85. The van der Waals surface area contributed by atoms with E-state index in [0.29, 0.717) is 5.69 Å². The zero-order chi connectivity index (χ0) is 19.5. The van der Waals surface area contributed by atoms with Gasteiger partial charge in [-0.25, -0.2) is 0 Å². The van der Waals surface area contributed by atoms with Crippen LogP contribution in [0.5, 0.6) is 0 Å². The molecule has 0 aromatic heterocycles. The summed E-state index contributed by atoms with van der Waals surface area (Å²) in [6.45, 7) is -0.467. The van der Waals surface area contributed by atoms with E-state index >= 15 is 0 Å². The van der Waals surface area contributed by atoms with Crippen molar-refractivity contribution in [2.75, 3.05) is 11.9 Å². The fourth-order valence-corrected chi connectivity index (χ4v) is 4.03. The highest BCUT2D eigenvalue weighted by Gasteiger charge is 2.58. The normalized spacial score (nSPS) is 12.5. The first-order chi connectivity index (χ1) is 11.3. The number of hydrogen-bond acceptors (Lipinski definition) is 6. The van der Waals surface area contributed by atoms with Crippen LogP contribution < -0.4 is 10.6 Å². The van der Waals surface area contributed by atoms with Crippen LogP contribution in [0.2, 0.25) is 0 Å². The fourth-order valence-electron chi connectivity index (χ4n) is 1.65. The molecule has 0 amide bonds. The Balaban J connectivity index is 2.66. The lowest BCUT2D eigenvalue weighted by Gasteiger charge is -2.29. The second-order valence-electron chi connectivity index (χ2n) is 4.80. The third-order valence-corrected chi connectivity index (χ3v) is 7.14. The number of anilines is 1. The van der Waals surface area contributed by atoms with Gasteiger partial charge in [0, 0.05) is 30.8 Å². The minimum atomic E-state index is -5.53. The van der Waals surface area contributed by atoms with Crippen LogP contribution in [0.3, 0.4) is 0 Å². The van der Waals surface area contributed by atoms with Crippen molar-refractivity contribution < 1.29 is 38.7 Å². The maximum absolute atomic E-state index is 11.2. The molecule has 12 nitrogen and oxygen atoms in total. The van der Waals surface area contributed by atoms with Crippen LogP contribution in [0.15, 0.2) is 24.3 Å². The average molecular weight is 415 g/mol. The second-order valence-corrected chi connectivity index (χ2v) is 9.21. The lowest BCUT2D eigenvalue weighted by atomic mass is 10.3. The van der Waals surface area contributed by atoms with E-state index in [0.717, 1.165) is 0 Å². The molecule has 0 radical (unpaired) electrons. The number of nitrogens with zero attached hydrogens (tertiary/aromatic N) is 1. The van der Waals surface area contributed by atoms with E-state index in [1.807, 2.05) is 0 Å². The van der Waals surface area contributed by atoms with Gasteiger partial charge in [0.1, 0.15) is 0 Å². The third-order valence-electron chi connectivity index (χ3n) is 3.01. The molecule has 0 aliphatic rings. The topological polar surface area (TPSA) is 202 Å². The Bertz CT molecular complexity index is 723. The van der Waals surface area contributed by atoms with Gasteiger partial charge in [0.15, 0.2) is 5.11 Å². The van der Waals surface area contributed by atoms with Crippen molar-refractivity contribution in [2.45, 2.75) is 11.5 Å². The number of non-ortho nitro benzene ring substituents is 1. The molecular weight excluding hydrogens is 400 g/mol. The van der Waals surface area contributed by atoms with Crippen molar-refractivity contribution in [1.82, 2.24) is 5.32 Å². The third kappa shape index (κ3) is 5.53. The van der Waals surface area contributed by atoms with Gasteiger partial charge in [0.25, 0.3) is 10.8 Å². The molecule has 0 bridgehead atoms. The fraction of sp³-hybridized carbons (Fsp3) is 0.300. The molecule has 0 heterocycles. The Labute approximate surface area is 146 Å². The SMILES string of the molecule is O=[N+]([O-])c1ccc(NC(=S)NCCC(O)(P(=O)(O)O)P(=O)(O)O)cc1. The molecule has 1 aromatic carbocycles. The van der Waals surface area contributed by atoms with Gasteiger partial charge >= 0.3 is 15.2 Å². The summed E-state index contributed by atoms with van der Waals surface area (Å²) in [5.41, 5.74) is 0.223. The molecule has 0 aliphatic heterocycles. The van der Waals surface area contributed by atoms with Crippen LogP contribution in [0.4, 0.5) is 11.4 Å². The molecule has 1 aromatic rings. The van der Waals surface area contributed by atoms with E-state index in [-0.39, 0.29) is 10.8 Å². The lowest BCUT2D eigenvalue weighted by molar-refractivity contribution is -0.384. The number of thiocarbonyl (C=S) groups is 1. The minimum absolute atomic E-state index is 0.0902. The predicted molar refractivity (Wildman–Crippen MR) is 91.0 cm³/mol. The summed E-state index contributed by atoms with van der Waals surface area (Å²) >= 11 is 4.87. The van der Waals surface area contributed by atoms with Crippen molar-refractivity contribution in [3.05, 3.63) is 34.4 Å². The molecular formula is C10H15N3O9P2S. The molecule has 0 unspecified atom stereocenters. The van der Waals surface area contributed by atoms with Crippen molar-refractivity contribution in [3.8, 4) is 0 Å². The zero-order valence-electron chi connectivity index (χ0n) is 12.3. The smallest absolute Gasteiger partial charge is 0.367 e. The summed E-state index contributed by atoms with van der Waals surface area (Å²) in [5, 5.41) is 21.6. The molecule has 0 spiro atoms. The summed E-state index contributed by atoms with van der Waals surface area (Å²) in [6.07, 6.45) is -0.983. The van der Waals surface area contributed by atoms with E-state index in [4.69, 9.17) is 31.8 Å². The zero-order valence-corrected chi connectivity index (χ0v) is 14.9. The lowest BCUT2D eigenvalue weighted by Crippen LogP contribution is -2.36. The number of benzene rings is 1. The highest BCUT2D eigenvalue weighted by molar-refractivity contribution is 7.80. The molecule has 0 saturated carbocycles. The number of nitro benzene ring substituents is 1. The van der Waals surface area contributed by atoms with Crippen LogP contribution in [0, 0.1) is 10.1 Å². The Kier molecular flexibility index (Phi) is 6.79. The van der Waals surface area contributed by atoms with Crippen LogP contribution in [-0.2, 0) is 9.13 Å². The summed E-state index contributed by atoms with van der Waals surface area (Å²) in [6, 6.07) is 5.14. The molecule has 0 fully saturated rings. The van der Waals surface area contributed by atoms with Crippen molar-refractivity contribution in [3.63, 3.8) is 0 Å². The van der Waals surface area contributed by atoms with Crippen LogP contribution in [0.1, 0.15) is 6.42 Å². The highest BCUT2D eigenvalue weighted by Crippen LogP contribution is 2.68. The molecule has 1 rings (SSSR count). The van der Waals surface area contributed by atoms with E-state index in [1.54, 1.807) is 0 Å². The molecule has 0 atom stereocenters. The Morgan fingerprint density at radius 3 is 2.04 bits per heavy atom. The van der Waals surface area contributed by atoms with Crippen molar-refractivity contribution in [2.24, 2.45) is 0 Å². The minimum Gasteiger partial charge on any atom is -0.367 e. The van der Waals surface area contributed by atoms with Gasteiger partial charge in [-0.3, -0.25) is 19.2 Å². The van der Waals surface area contributed by atoms with Gasteiger partial charge in [-0.1, -0.05) is 0 Å². The number of hydrogen-bond donors (Lipinski definition) is 7. The van der Waals surface area contributed by atoms with Crippen molar-refractivity contribution in [1.29, 1.82) is 0 Å². The Hall–Kier alpha value is -1.43. The maximum Gasteiger partial charge on any atom is 0.369 e.